The molecule has 1 aliphatic carbocycles. The molecule has 1 aliphatic rings. The van der Waals surface area contributed by atoms with E-state index in [0.717, 1.165) is 42.2 Å². The van der Waals surface area contributed by atoms with Crippen molar-refractivity contribution in [3.05, 3.63) is 34.3 Å². The minimum atomic E-state index is -0.554. The van der Waals surface area contributed by atoms with E-state index in [-0.39, 0.29) is 0 Å². The number of hydrogen-bond acceptors (Lipinski definition) is 1. The van der Waals surface area contributed by atoms with Crippen molar-refractivity contribution in [1.82, 2.24) is 0 Å². The minimum absolute atomic E-state index is 0.554. The Bertz CT molecular complexity index is 443. The third-order valence-corrected chi connectivity index (χ3v) is 5.05. The van der Waals surface area contributed by atoms with E-state index < -0.39 is 5.60 Å². The summed E-state index contributed by atoms with van der Waals surface area (Å²) in [6.45, 7) is 4.30. The number of rotatable bonds is 4. The standard InChI is InChI=1S/C18H27ClO/c1-3-5-15-6-4-10-18(20,11-9-15)13-16-8-7-14(2)12-17(16)19/h7-8,12,15,20H,3-6,9-11,13H2,1-2H3. The van der Waals surface area contributed by atoms with Crippen LogP contribution in [0.25, 0.3) is 0 Å². The van der Waals surface area contributed by atoms with Gasteiger partial charge in [-0.15, -0.1) is 0 Å². The molecular weight excluding hydrogens is 268 g/mol. The van der Waals surface area contributed by atoms with Crippen LogP contribution in [-0.4, -0.2) is 10.7 Å². The van der Waals surface area contributed by atoms with Crippen molar-refractivity contribution < 1.29 is 5.11 Å². The maximum atomic E-state index is 10.9. The Labute approximate surface area is 128 Å². The largest absolute Gasteiger partial charge is 0.390 e. The fourth-order valence-corrected chi connectivity index (χ4v) is 3.79. The smallest absolute Gasteiger partial charge is 0.0688 e. The lowest BCUT2D eigenvalue weighted by atomic mass is 9.86. The molecule has 1 aromatic rings. The van der Waals surface area contributed by atoms with Crippen LogP contribution in [0, 0.1) is 12.8 Å². The average molecular weight is 295 g/mol. The molecule has 0 amide bonds. The van der Waals surface area contributed by atoms with E-state index in [4.69, 9.17) is 11.6 Å². The molecule has 112 valence electrons. The number of hydrogen-bond donors (Lipinski definition) is 1. The van der Waals surface area contributed by atoms with Gasteiger partial charge in [0.25, 0.3) is 0 Å². The summed E-state index contributed by atoms with van der Waals surface area (Å²) in [7, 11) is 0. The van der Waals surface area contributed by atoms with E-state index in [2.05, 4.69) is 19.1 Å². The van der Waals surface area contributed by atoms with Crippen LogP contribution in [0.2, 0.25) is 5.02 Å². The first-order valence-corrected chi connectivity index (χ1v) is 8.37. The summed E-state index contributed by atoms with van der Waals surface area (Å²) >= 11 is 6.32. The summed E-state index contributed by atoms with van der Waals surface area (Å²) in [6, 6.07) is 6.15. The predicted octanol–water partition coefficient (Wildman–Crippen LogP) is 5.30. The van der Waals surface area contributed by atoms with Crippen LogP contribution in [0.15, 0.2) is 18.2 Å². The first-order chi connectivity index (χ1) is 9.52. The van der Waals surface area contributed by atoms with Gasteiger partial charge < -0.3 is 5.11 Å². The van der Waals surface area contributed by atoms with Crippen LogP contribution in [0.1, 0.15) is 63.0 Å². The van der Waals surface area contributed by atoms with Crippen LogP contribution in [0.5, 0.6) is 0 Å². The number of aryl methyl sites for hydroxylation is 1. The van der Waals surface area contributed by atoms with Gasteiger partial charge >= 0.3 is 0 Å². The third kappa shape index (κ3) is 4.23. The number of aliphatic hydroxyl groups is 1. The normalized spacial score (nSPS) is 27.3. The van der Waals surface area contributed by atoms with Crippen LogP contribution < -0.4 is 0 Å². The Morgan fingerprint density at radius 1 is 1.30 bits per heavy atom. The molecule has 0 saturated heterocycles. The fraction of sp³-hybridized carbons (Fsp3) is 0.667. The maximum Gasteiger partial charge on any atom is 0.0688 e. The summed E-state index contributed by atoms with van der Waals surface area (Å²) in [6.07, 6.45) is 8.68. The Morgan fingerprint density at radius 3 is 2.80 bits per heavy atom. The zero-order chi connectivity index (χ0) is 14.6. The van der Waals surface area contributed by atoms with Gasteiger partial charge in [0.15, 0.2) is 0 Å². The fourth-order valence-electron chi connectivity index (χ4n) is 3.49. The molecule has 1 fully saturated rings. The van der Waals surface area contributed by atoms with Gasteiger partial charge in [-0.1, -0.05) is 56.3 Å². The monoisotopic (exact) mass is 294 g/mol. The first kappa shape index (κ1) is 15.9. The summed E-state index contributed by atoms with van der Waals surface area (Å²) in [5.74, 6) is 0.808. The second kappa shape index (κ2) is 6.95. The maximum absolute atomic E-state index is 10.9. The van der Waals surface area contributed by atoms with Crippen molar-refractivity contribution in [1.29, 1.82) is 0 Å². The molecule has 2 unspecified atom stereocenters. The topological polar surface area (TPSA) is 20.2 Å². The van der Waals surface area contributed by atoms with Gasteiger partial charge in [-0.25, -0.2) is 0 Å². The van der Waals surface area contributed by atoms with E-state index in [9.17, 15) is 5.11 Å². The van der Waals surface area contributed by atoms with Crippen molar-refractivity contribution >= 4 is 11.6 Å². The molecule has 0 radical (unpaired) electrons. The minimum Gasteiger partial charge on any atom is -0.390 e. The van der Waals surface area contributed by atoms with E-state index in [1.165, 1.54) is 24.8 Å². The Hall–Kier alpha value is -0.530. The van der Waals surface area contributed by atoms with Gasteiger partial charge in [0.1, 0.15) is 0 Å². The molecule has 2 atom stereocenters. The lowest BCUT2D eigenvalue weighted by molar-refractivity contribution is 0.0241. The highest BCUT2D eigenvalue weighted by Gasteiger charge is 2.31. The molecule has 1 saturated carbocycles. The highest BCUT2D eigenvalue weighted by atomic mass is 35.5. The number of benzene rings is 1. The van der Waals surface area contributed by atoms with Crippen LogP contribution >= 0.6 is 11.6 Å². The van der Waals surface area contributed by atoms with Crippen molar-refractivity contribution in [3.63, 3.8) is 0 Å². The van der Waals surface area contributed by atoms with E-state index in [1.54, 1.807) is 0 Å². The predicted molar refractivity (Wildman–Crippen MR) is 86.3 cm³/mol. The van der Waals surface area contributed by atoms with E-state index in [1.807, 2.05) is 13.0 Å². The summed E-state index contributed by atoms with van der Waals surface area (Å²) in [5.41, 5.74) is 1.71. The van der Waals surface area contributed by atoms with E-state index in [0.29, 0.717) is 6.42 Å². The Kier molecular flexibility index (Phi) is 5.51. The van der Waals surface area contributed by atoms with E-state index >= 15 is 0 Å². The summed E-state index contributed by atoms with van der Waals surface area (Å²) < 4.78 is 0. The molecule has 0 bridgehead atoms. The Morgan fingerprint density at radius 2 is 2.10 bits per heavy atom. The van der Waals surface area contributed by atoms with Crippen LogP contribution in [0.4, 0.5) is 0 Å². The highest BCUT2D eigenvalue weighted by molar-refractivity contribution is 6.31. The van der Waals surface area contributed by atoms with Gasteiger partial charge in [0.2, 0.25) is 0 Å². The van der Waals surface area contributed by atoms with Crippen molar-refractivity contribution in [2.45, 2.75) is 70.8 Å². The van der Waals surface area contributed by atoms with Crippen molar-refractivity contribution in [2.75, 3.05) is 0 Å². The Balaban J connectivity index is 2.03. The highest BCUT2D eigenvalue weighted by Crippen LogP contribution is 2.35. The van der Waals surface area contributed by atoms with Gasteiger partial charge in [0.05, 0.1) is 5.60 Å². The summed E-state index contributed by atoms with van der Waals surface area (Å²) in [5, 5.41) is 11.7. The summed E-state index contributed by atoms with van der Waals surface area (Å²) in [4.78, 5) is 0. The van der Waals surface area contributed by atoms with Crippen molar-refractivity contribution in [3.8, 4) is 0 Å². The molecule has 20 heavy (non-hydrogen) atoms. The molecular formula is C18H27ClO. The zero-order valence-electron chi connectivity index (χ0n) is 12.8. The molecule has 0 aromatic heterocycles. The SMILES string of the molecule is CCCC1CCCC(O)(Cc2ccc(C)cc2Cl)CC1. The average Bonchev–Trinajstić information content (AvgIpc) is 2.57. The van der Waals surface area contributed by atoms with Gasteiger partial charge in [-0.3, -0.25) is 0 Å². The number of halogens is 1. The second-order valence-electron chi connectivity index (χ2n) is 6.58. The molecule has 1 nitrogen and oxygen atoms in total. The molecule has 1 N–H and O–H groups in total. The lowest BCUT2D eigenvalue weighted by Gasteiger charge is -2.27. The molecule has 2 rings (SSSR count). The van der Waals surface area contributed by atoms with Gasteiger partial charge in [0, 0.05) is 11.4 Å². The second-order valence-corrected chi connectivity index (χ2v) is 6.99. The van der Waals surface area contributed by atoms with Crippen LogP contribution in [-0.2, 0) is 6.42 Å². The molecule has 0 heterocycles. The third-order valence-electron chi connectivity index (χ3n) is 4.70. The van der Waals surface area contributed by atoms with Gasteiger partial charge in [-0.2, -0.15) is 0 Å². The zero-order valence-corrected chi connectivity index (χ0v) is 13.5. The molecule has 0 spiro atoms. The van der Waals surface area contributed by atoms with Crippen molar-refractivity contribution in [2.24, 2.45) is 5.92 Å². The van der Waals surface area contributed by atoms with Crippen LogP contribution in [0.3, 0.4) is 0 Å². The quantitative estimate of drug-likeness (QED) is 0.747. The molecule has 1 aromatic carbocycles. The molecule has 2 heteroatoms. The first-order valence-electron chi connectivity index (χ1n) is 8.00. The van der Waals surface area contributed by atoms with Gasteiger partial charge in [-0.05, 0) is 49.3 Å². The lowest BCUT2D eigenvalue weighted by Crippen LogP contribution is -2.30. The molecule has 0 aliphatic heterocycles.